The summed E-state index contributed by atoms with van der Waals surface area (Å²) in [6.07, 6.45) is 1.57. The minimum absolute atomic E-state index is 0.0651. The Morgan fingerprint density at radius 1 is 1.50 bits per heavy atom. The maximum absolute atomic E-state index is 11.0. The van der Waals surface area contributed by atoms with Crippen molar-refractivity contribution in [2.75, 3.05) is 7.05 Å². The zero-order valence-electron chi connectivity index (χ0n) is 6.69. The van der Waals surface area contributed by atoms with Gasteiger partial charge in [-0.05, 0) is 19.2 Å². The molecule has 0 amide bonds. The first-order valence-corrected chi connectivity index (χ1v) is 5.10. The predicted octanol–water partition coefficient (Wildman–Crippen LogP) is 0.131. The zero-order valence-corrected chi connectivity index (χ0v) is 7.50. The number of nitrogens with one attached hydrogen (secondary N) is 1. The molecular formula is C7H10N2O2S. The highest BCUT2D eigenvalue weighted by Crippen LogP contribution is 1.98. The van der Waals surface area contributed by atoms with Crippen molar-refractivity contribution in [3.8, 4) is 0 Å². The molecule has 1 aromatic rings. The molecule has 0 aliphatic rings. The molecule has 0 spiro atoms. The van der Waals surface area contributed by atoms with Crippen molar-refractivity contribution >= 4 is 10.0 Å². The van der Waals surface area contributed by atoms with Crippen LogP contribution < -0.4 is 4.72 Å². The van der Waals surface area contributed by atoms with Crippen LogP contribution in [0.25, 0.3) is 0 Å². The molecule has 66 valence electrons. The minimum Gasteiger partial charge on any atom is -0.260 e. The van der Waals surface area contributed by atoms with E-state index in [1.165, 1.54) is 7.05 Å². The normalized spacial score (nSPS) is 11.4. The molecular weight excluding hydrogens is 176 g/mol. The van der Waals surface area contributed by atoms with E-state index < -0.39 is 10.0 Å². The van der Waals surface area contributed by atoms with E-state index in [9.17, 15) is 8.42 Å². The molecule has 4 nitrogen and oxygen atoms in total. The van der Waals surface area contributed by atoms with Crippen LogP contribution in [-0.4, -0.2) is 20.4 Å². The second-order valence-corrected chi connectivity index (χ2v) is 4.21. The van der Waals surface area contributed by atoms with Gasteiger partial charge in [-0.2, -0.15) is 0 Å². The molecule has 1 rings (SSSR count). The Labute approximate surface area is 71.7 Å². The van der Waals surface area contributed by atoms with Crippen molar-refractivity contribution < 1.29 is 8.42 Å². The zero-order chi connectivity index (χ0) is 9.03. The number of hydrogen-bond acceptors (Lipinski definition) is 3. The molecule has 0 bridgehead atoms. The monoisotopic (exact) mass is 186 g/mol. The van der Waals surface area contributed by atoms with E-state index in [1.54, 1.807) is 24.4 Å². The summed E-state index contributed by atoms with van der Waals surface area (Å²) < 4.78 is 24.3. The smallest absolute Gasteiger partial charge is 0.217 e. The van der Waals surface area contributed by atoms with Crippen molar-refractivity contribution in [3.63, 3.8) is 0 Å². The molecule has 12 heavy (non-hydrogen) atoms. The van der Waals surface area contributed by atoms with Crippen LogP contribution in [0.15, 0.2) is 24.4 Å². The summed E-state index contributed by atoms with van der Waals surface area (Å²) in [6, 6.07) is 5.18. The van der Waals surface area contributed by atoms with Gasteiger partial charge >= 0.3 is 0 Å². The third-order valence-corrected chi connectivity index (χ3v) is 2.67. The van der Waals surface area contributed by atoms with Crippen molar-refractivity contribution in [1.82, 2.24) is 9.71 Å². The van der Waals surface area contributed by atoms with Gasteiger partial charge in [0.25, 0.3) is 0 Å². The fraction of sp³-hybridized carbons (Fsp3) is 0.286. The topological polar surface area (TPSA) is 59.1 Å². The number of aromatic nitrogens is 1. The molecule has 5 heteroatoms. The van der Waals surface area contributed by atoms with Crippen LogP contribution in [-0.2, 0) is 15.8 Å². The largest absolute Gasteiger partial charge is 0.260 e. The van der Waals surface area contributed by atoms with Crippen LogP contribution in [0.1, 0.15) is 5.69 Å². The standard InChI is InChI=1S/C7H10N2O2S/c1-8-12(10,11)6-7-4-2-3-5-9-7/h2-5,8H,6H2,1H3. The average Bonchev–Trinajstić information content (AvgIpc) is 2.06. The van der Waals surface area contributed by atoms with Gasteiger partial charge in [0.1, 0.15) is 5.75 Å². The summed E-state index contributed by atoms with van der Waals surface area (Å²) in [5, 5.41) is 0. The minimum atomic E-state index is -3.19. The Hall–Kier alpha value is -0.940. The lowest BCUT2D eigenvalue weighted by atomic mass is 10.4. The van der Waals surface area contributed by atoms with Crippen LogP contribution in [0.2, 0.25) is 0 Å². The van der Waals surface area contributed by atoms with E-state index in [0.717, 1.165) is 0 Å². The molecule has 0 aliphatic carbocycles. The summed E-state index contributed by atoms with van der Waals surface area (Å²) >= 11 is 0. The maximum atomic E-state index is 11.0. The molecule has 0 saturated carbocycles. The van der Waals surface area contributed by atoms with Crippen molar-refractivity contribution in [1.29, 1.82) is 0 Å². The molecule has 0 aromatic carbocycles. The van der Waals surface area contributed by atoms with E-state index in [1.807, 2.05) is 0 Å². The van der Waals surface area contributed by atoms with E-state index in [0.29, 0.717) is 5.69 Å². The van der Waals surface area contributed by atoms with Gasteiger partial charge in [0, 0.05) is 6.20 Å². The van der Waals surface area contributed by atoms with Gasteiger partial charge in [-0.15, -0.1) is 0 Å². The maximum Gasteiger partial charge on any atom is 0.217 e. The first kappa shape index (κ1) is 9.15. The lowest BCUT2D eigenvalue weighted by molar-refractivity contribution is 0.587. The second-order valence-electron chi connectivity index (χ2n) is 2.28. The van der Waals surface area contributed by atoms with Gasteiger partial charge in [0.2, 0.25) is 10.0 Å². The third-order valence-electron chi connectivity index (χ3n) is 1.38. The molecule has 0 radical (unpaired) electrons. The second kappa shape index (κ2) is 3.64. The number of hydrogen-bond donors (Lipinski definition) is 1. The molecule has 1 aromatic heterocycles. The van der Waals surface area contributed by atoms with Gasteiger partial charge in [0.05, 0.1) is 5.69 Å². The van der Waals surface area contributed by atoms with Gasteiger partial charge < -0.3 is 0 Å². The van der Waals surface area contributed by atoms with E-state index in [2.05, 4.69) is 9.71 Å². The van der Waals surface area contributed by atoms with E-state index in [-0.39, 0.29) is 5.75 Å². The molecule has 0 fully saturated rings. The van der Waals surface area contributed by atoms with Crippen LogP contribution in [0.4, 0.5) is 0 Å². The van der Waals surface area contributed by atoms with Crippen LogP contribution in [0.3, 0.4) is 0 Å². The lowest BCUT2D eigenvalue weighted by Gasteiger charge is -2.00. The average molecular weight is 186 g/mol. The molecule has 1 N–H and O–H groups in total. The Morgan fingerprint density at radius 3 is 2.75 bits per heavy atom. The summed E-state index contributed by atoms with van der Waals surface area (Å²) in [5.74, 6) is -0.0651. The highest BCUT2D eigenvalue weighted by Gasteiger charge is 2.07. The third kappa shape index (κ3) is 2.60. The van der Waals surface area contributed by atoms with Crippen LogP contribution >= 0.6 is 0 Å². The number of sulfonamides is 1. The lowest BCUT2D eigenvalue weighted by Crippen LogP contribution is -2.20. The number of pyridine rings is 1. The highest BCUT2D eigenvalue weighted by atomic mass is 32.2. The summed E-state index contributed by atoms with van der Waals surface area (Å²) in [5.41, 5.74) is 0.548. The summed E-state index contributed by atoms with van der Waals surface area (Å²) in [7, 11) is -1.80. The molecule has 0 atom stereocenters. The van der Waals surface area contributed by atoms with Crippen LogP contribution in [0, 0.1) is 0 Å². The van der Waals surface area contributed by atoms with Crippen molar-refractivity contribution in [2.24, 2.45) is 0 Å². The number of rotatable bonds is 3. The Balaban J connectivity index is 2.78. The quantitative estimate of drug-likeness (QED) is 0.730. The van der Waals surface area contributed by atoms with E-state index in [4.69, 9.17) is 0 Å². The number of nitrogens with zero attached hydrogens (tertiary/aromatic N) is 1. The highest BCUT2D eigenvalue weighted by molar-refractivity contribution is 7.88. The van der Waals surface area contributed by atoms with Gasteiger partial charge in [-0.3, -0.25) is 4.98 Å². The van der Waals surface area contributed by atoms with Crippen molar-refractivity contribution in [3.05, 3.63) is 30.1 Å². The Morgan fingerprint density at radius 2 is 2.25 bits per heavy atom. The summed E-state index contributed by atoms with van der Waals surface area (Å²) in [4.78, 5) is 3.89. The molecule has 1 heterocycles. The van der Waals surface area contributed by atoms with Crippen molar-refractivity contribution in [2.45, 2.75) is 5.75 Å². The van der Waals surface area contributed by atoms with Gasteiger partial charge in [-0.25, -0.2) is 13.1 Å². The molecule has 0 unspecified atom stereocenters. The fourth-order valence-electron chi connectivity index (χ4n) is 0.750. The first-order chi connectivity index (χ1) is 5.64. The Kier molecular flexibility index (Phi) is 2.78. The van der Waals surface area contributed by atoms with Crippen LogP contribution in [0.5, 0.6) is 0 Å². The molecule has 0 saturated heterocycles. The SMILES string of the molecule is CNS(=O)(=O)Cc1ccccn1. The molecule has 0 aliphatic heterocycles. The first-order valence-electron chi connectivity index (χ1n) is 3.45. The predicted molar refractivity (Wildman–Crippen MR) is 45.9 cm³/mol. The summed E-state index contributed by atoms with van der Waals surface area (Å²) in [6.45, 7) is 0. The Bertz CT molecular complexity index is 334. The van der Waals surface area contributed by atoms with Gasteiger partial charge in [-0.1, -0.05) is 6.07 Å². The fourth-order valence-corrected chi connectivity index (χ4v) is 1.45. The van der Waals surface area contributed by atoms with Gasteiger partial charge in [0.15, 0.2) is 0 Å². The van der Waals surface area contributed by atoms with E-state index >= 15 is 0 Å².